The third kappa shape index (κ3) is 3.67. The van der Waals surface area contributed by atoms with Gasteiger partial charge in [0.2, 0.25) is 0 Å². The van der Waals surface area contributed by atoms with E-state index >= 15 is 0 Å². The Balaban J connectivity index is 2.93. The number of nitrogens with one attached hydrogen (secondary N) is 1. The molecule has 0 amide bonds. The topological polar surface area (TPSA) is 50.4 Å². The summed E-state index contributed by atoms with van der Waals surface area (Å²) in [5.74, 6) is 0.314. The van der Waals surface area contributed by atoms with Crippen LogP contribution in [0.4, 0.5) is 0 Å². The Labute approximate surface area is 95.4 Å². The lowest BCUT2D eigenvalue weighted by molar-refractivity contribution is 0.860. The molecule has 0 radical (unpaired) electrons. The van der Waals surface area contributed by atoms with Crippen LogP contribution < -0.4 is 11.2 Å². The first-order valence-electron chi connectivity index (χ1n) is 4.79. The lowest BCUT2D eigenvalue weighted by Crippen LogP contribution is -2.26. The molecule has 4 heteroatoms. The molecule has 1 aromatic carbocycles. The molecule has 0 bridgehead atoms. The van der Waals surface area contributed by atoms with Crippen LogP contribution >= 0.6 is 12.2 Å². The highest BCUT2D eigenvalue weighted by Crippen LogP contribution is 2.08. The number of rotatable bonds is 3. The zero-order valence-electron chi connectivity index (χ0n) is 8.90. The van der Waals surface area contributed by atoms with Crippen molar-refractivity contribution in [3.05, 3.63) is 35.9 Å². The van der Waals surface area contributed by atoms with Gasteiger partial charge in [0.05, 0.1) is 5.71 Å². The van der Waals surface area contributed by atoms with Crippen LogP contribution in [0.2, 0.25) is 0 Å². The summed E-state index contributed by atoms with van der Waals surface area (Å²) in [6.07, 6.45) is 0. The molecule has 0 aromatic heterocycles. The van der Waals surface area contributed by atoms with Gasteiger partial charge in [-0.3, -0.25) is 5.43 Å². The zero-order valence-corrected chi connectivity index (χ0v) is 9.71. The normalized spacial score (nSPS) is 11.5. The number of hydrogen-bond acceptors (Lipinski definition) is 2. The minimum atomic E-state index is 0.184. The van der Waals surface area contributed by atoms with Crippen molar-refractivity contribution in [2.24, 2.45) is 16.8 Å². The molecule has 15 heavy (non-hydrogen) atoms. The van der Waals surface area contributed by atoms with Gasteiger partial charge in [-0.2, -0.15) is 5.10 Å². The third-order valence-electron chi connectivity index (χ3n) is 1.90. The molecule has 1 rings (SSSR count). The van der Waals surface area contributed by atoms with Crippen molar-refractivity contribution in [1.82, 2.24) is 5.43 Å². The monoisotopic (exact) mass is 221 g/mol. The van der Waals surface area contributed by atoms with Crippen molar-refractivity contribution < 1.29 is 0 Å². The smallest absolute Gasteiger partial charge is 0.184 e. The summed E-state index contributed by atoms with van der Waals surface area (Å²) in [6.45, 7) is 4.15. The van der Waals surface area contributed by atoms with Crippen molar-refractivity contribution in [2.45, 2.75) is 13.8 Å². The molecule has 0 atom stereocenters. The van der Waals surface area contributed by atoms with E-state index in [2.05, 4.69) is 24.4 Å². The minimum absolute atomic E-state index is 0.184. The van der Waals surface area contributed by atoms with Crippen LogP contribution in [0.25, 0.3) is 0 Å². The summed E-state index contributed by atoms with van der Waals surface area (Å²) in [4.78, 5) is 0. The number of benzene rings is 1. The molecule has 3 nitrogen and oxygen atoms in total. The van der Waals surface area contributed by atoms with Crippen LogP contribution in [0.1, 0.15) is 19.4 Å². The van der Waals surface area contributed by atoms with Gasteiger partial charge in [-0.25, -0.2) is 0 Å². The molecule has 3 N–H and O–H groups in total. The molecule has 80 valence electrons. The predicted molar refractivity (Wildman–Crippen MR) is 67.7 cm³/mol. The van der Waals surface area contributed by atoms with Gasteiger partial charge in [0.15, 0.2) is 5.11 Å². The van der Waals surface area contributed by atoms with Crippen molar-refractivity contribution in [3.8, 4) is 0 Å². The summed E-state index contributed by atoms with van der Waals surface area (Å²) >= 11 is 4.71. The number of hydrazone groups is 1. The lowest BCUT2D eigenvalue weighted by Gasteiger charge is -2.10. The van der Waals surface area contributed by atoms with Gasteiger partial charge in [-0.1, -0.05) is 44.2 Å². The van der Waals surface area contributed by atoms with Gasteiger partial charge >= 0.3 is 0 Å². The third-order valence-corrected chi connectivity index (χ3v) is 1.99. The van der Waals surface area contributed by atoms with Crippen molar-refractivity contribution in [3.63, 3.8) is 0 Å². The Kier molecular flexibility index (Phi) is 4.24. The quantitative estimate of drug-likeness (QED) is 0.465. The molecule has 0 heterocycles. The van der Waals surface area contributed by atoms with E-state index in [-0.39, 0.29) is 5.11 Å². The van der Waals surface area contributed by atoms with Crippen LogP contribution in [0, 0.1) is 5.92 Å². The first-order chi connectivity index (χ1) is 7.11. The summed E-state index contributed by atoms with van der Waals surface area (Å²) in [6, 6.07) is 9.96. The molecule has 1 aromatic rings. The van der Waals surface area contributed by atoms with E-state index < -0.39 is 0 Å². The first-order valence-corrected chi connectivity index (χ1v) is 5.20. The second-order valence-corrected chi connectivity index (χ2v) is 3.93. The number of thiocarbonyl (C=S) groups is 1. The average molecular weight is 221 g/mol. The second kappa shape index (κ2) is 5.46. The molecule has 0 saturated heterocycles. The fourth-order valence-corrected chi connectivity index (χ4v) is 1.30. The van der Waals surface area contributed by atoms with Crippen molar-refractivity contribution in [2.75, 3.05) is 0 Å². The van der Waals surface area contributed by atoms with Gasteiger partial charge in [-0.05, 0) is 23.7 Å². The maximum Gasteiger partial charge on any atom is 0.184 e. The van der Waals surface area contributed by atoms with Crippen LogP contribution in [-0.4, -0.2) is 10.8 Å². The van der Waals surface area contributed by atoms with E-state index in [9.17, 15) is 0 Å². The molecule has 0 unspecified atom stereocenters. The SMILES string of the molecule is CC(C)C(=NNC(N)=S)c1ccccc1. The second-order valence-electron chi connectivity index (χ2n) is 3.49. The molecular formula is C11H15N3S. The maximum absolute atomic E-state index is 5.33. The first kappa shape index (κ1) is 11.7. The van der Waals surface area contributed by atoms with Gasteiger partial charge < -0.3 is 5.73 Å². The number of hydrogen-bond donors (Lipinski definition) is 2. The Morgan fingerprint density at radius 3 is 2.40 bits per heavy atom. The fourth-order valence-electron chi connectivity index (χ4n) is 1.25. The molecule has 0 fully saturated rings. The summed E-state index contributed by atoms with van der Waals surface area (Å²) in [5.41, 5.74) is 9.98. The highest BCUT2D eigenvalue weighted by atomic mass is 32.1. The Morgan fingerprint density at radius 2 is 1.93 bits per heavy atom. The number of nitrogens with two attached hydrogens (primary N) is 1. The van der Waals surface area contributed by atoms with E-state index in [1.807, 2.05) is 30.3 Å². The molecule has 0 aliphatic rings. The standard InChI is InChI=1S/C11H15N3S/c1-8(2)10(13-14-11(12)15)9-6-4-3-5-7-9/h3-8H,1-2H3,(H3,12,14,15). The molecule has 0 aliphatic carbocycles. The Bertz CT molecular complexity index is 357. The van der Waals surface area contributed by atoms with Crippen LogP contribution in [0.3, 0.4) is 0 Å². The van der Waals surface area contributed by atoms with Gasteiger partial charge in [0.1, 0.15) is 0 Å². The molecular weight excluding hydrogens is 206 g/mol. The Morgan fingerprint density at radius 1 is 1.33 bits per heavy atom. The minimum Gasteiger partial charge on any atom is -0.375 e. The molecule has 0 saturated carbocycles. The van der Waals surface area contributed by atoms with Gasteiger partial charge in [0.25, 0.3) is 0 Å². The van der Waals surface area contributed by atoms with Gasteiger partial charge in [0, 0.05) is 0 Å². The maximum atomic E-state index is 5.33. The summed E-state index contributed by atoms with van der Waals surface area (Å²) in [7, 11) is 0. The van der Waals surface area contributed by atoms with Crippen LogP contribution in [0.5, 0.6) is 0 Å². The number of nitrogens with zero attached hydrogens (tertiary/aromatic N) is 1. The van der Waals surface area contributed by atoms with Crippen LogP contribution in [-0.2, 0) is 0 Å². The highest BCUT2D eigenvalue weighted by Gasteiger charge is 2.07. The van der Waals surface area contributed by atoms with Crippen molar-refractivity contribution >= 4 is 23.0 Å². The Hall–Kier alpha value is -1.42. The van der Waals surface area contributed by atoms with Crippen LogP contribution in [0.15, 0.2) is 35.4 Å². The van der Waals surface area contributed by atoms with E-state index in [0.29, 0.717) is 5.92 Å². The zero-order chi connectivity index (χ0) is 11.3. The summed E-state index contributed by atoms with van der Waals surface area (Å²) in [5, 5.41) is 4.38. The summed E-state index contributed by atoms with van der Waals surface area (Å²) < 4.78 is 0. The average Bonchev–Trinajstić information content (AvgIpc) is 2.18. The van der Waals surface area contributed by atoms with E-state index in [0.717, 1.165) is 11.3 Å². The fraction of sp³-hybridized carbons (Fsp3) is 0.273. The molecule has 0 aliphatic heterocycles. The van der Waals surface area contributed by atoms with Gasteiger partial charge in [-0.15, -0.1) is 0 Å². The van der Waals surface area contributed by atoms with E-state index in [1.165, 1.54) is 0 Å². The predicted octanol–water partition coefficient (Wildman–Crippen LogP) is 1.88. The molecule has 0 spiro atoms. The van der Waals surface area contributed by atoms with Crippen molar-refractivity contribution in [1.29, 1.82) is 0 Å². The highest BCUT2D eigenvalue weighted by molar-refractivity contribution is 7.80. The van der Waals surface area contributed by atoms with E-state index in [4.69, 9.17) is 18.0 Å². The lowest BCUT2D eigenvalue weighted by atomic mass is 10.0. The van der Waals surface area contributed by atoms with E-state index in [1.54, 1.807) is 0 Å². The largest absolute Gasteiger partial charge is 0.375 e.